The highest BCUT2D eigenvalue weighted by Crippen LogP contribution is 2.38. The van der Waals surface area contributed by atoms with Crippen LogP contribution in [0.25, 0.3) is 33.1 Å². The molecule has 0 unspecified atom stereocenters. The summed E-state index contributed by atoms with van der Waals surface area (Å²) in [5.41, 5.74) is 4.20. The van der Waals surface area contributed by atoms with Gasteiger partial charge in [-0.3, -0.25) is 15.0 Å². The summed E-state index contributed by atoms with van der Waals surface area (Å²) in [6.07, 6.45) is -3.85. The number of hydrogen-bond acceptors (Lipinski definition) is 18. The molecule has 12 aromatic rings. The number of fused-ring (bicyclic) bond motifs is 3. The predicted octanol–water partition coefficient (Wildman–Crippen LogP) is 18.2. The van der Waals surface area contributed by atoms with Crippen LogP contribution < -0.4 is 60.8 Å². The Morgan fingerprint density at radius 3 is 1.02 bits per heavy atom. The van der Waals surface area contributed by atoms with Crippen molar-refractivity contribution in [3.63, 3.8) is 0 Å². The van der Waals surface area contributed by atoms with E-state index in [1.54, 1.807) is 116 Å². The van der Waals surface area contributed by atoms with Gasteiger partial charge in [-0.25, -0.2) is 33.7 Å². The molecule has 110 heavy (non-hydrogen) atoms. The first-order chi connectivity index (χ1) is 53.1. The normalized spacial score (nSPS) is 13.7. The van der Waals surface area contributed by atoms with E-state index in [2.05, 4.69) is 61.6 Å². The summed E-state index contributed by atoms with van der Waals surface area (Å²) in [7, 11) is 0. The highest BCUT2D eigenvalue weighted by molar-refractivity contribution is 6.31. The van der Waals surface area contributed by atoms with E-state index >= 15 is 0 Å². The number of morpholine rings is 3. The van der Waals surface area contributed by atoms with E-state index in [9.17, 15) is 45.1 Å². The standard InChI is InChI=1S/C26H21ClF3N5O3.C26H22F3N5O3.C25H21ClFN5O3/c27-21-7-3-17(13-20(21)26(28,29)30)33-25(36)32-16-1-4-18(5-2-16)38-19-6-8-22-23(14-19)34-24(15-31-22)35-9-11-37-12-10-35;27-26(28,29)17-2-1-3-19(14-17)32-25(35)31-18-4-6-20(7-5-18)37-21-8-9-22-23(15-21)33-24(16-30-22)34-10-12-36-13-11-34;26-20-7-3-17(13-21(20)27)30-25(33)29-16-1-4-18(5-2-16)35-19-6-8-22-23(14-19)31-24(15-28-22)32-9-11-34-12-10-32/h1-8,13-15H,9-12H2,(H2,32,33,36);1-9,14-16H,10-13H2,(H2,31,32,35);1-8,13-15H,9-12H2,(H2,29,30,33). The minimum Gasteiger partial charge on any atom is -0.457 e. The van der Waals surface area contributed by atoms with Crippen LogP contribution in [0.3, 0.4) is 0 Å². The molecular formula is C77H64Cl2F7N15O9. The van der Waals surface area contributed by atoms with Crippen LogP contribution in [0.5, 0.6) is 34.5 Å². The monoisotopic (exact) mass is 1550 g/mol. The summed E-state index contributed by atoms with van der Waals surface area (Å²) < 4.78 is 125. The maximum Gasteiger partial charge on any atom is 0.417 e. The summed E-state index contributed by atoms with van der Waals surface area (Å²) in [5.74, 6) is 5.15. The predicted molar refractivity (Wildman–Crippen MR) is 404 cm³/mol. The van der Waals surface area contributed by atoms with Gasteiger partial charge in [-0.15, -0.1) is 0 Å². The third-order valence-corrected chi connectivity index (χ3v) is 17.3. The number of aromatic nitrogens is 6. The van der Waals surface area contributed by atoms with Gasteiger partial charge in [-0.05, 0) is 164 Å². The van der Waals surface area contributed by atoms with Crippen molar-refractivity contribution in [1.82, 2.24) is 29.9 Å². The van der Waals surface area contributed by atoms with Crippen LogP contribution in [-0.2, 0) is 26.6 Å². The van der Waals surface area contributed by atoms with Gasteiger partial charge in [-0.1, -0.05) is 29.3 Å². The lowest BCUT2D eigenvalue weighted by Crippen LogP contribution is -2.36. The first-order valence-electron chi connectivity index (χ1n) is 34.0. The van der Waals surface area contributed by atoms with Crippen LogP contribution in [0, 0.1) is 5.82 Å². The van der Waals surface area contributed by atoms with E-state index in [0.717, 1.165) is 109 Å². The van der Waals surface area contributed by atoms with Crippen LogP contribution in [0.15, 0.2) is 207 Å². The summed E-state index contributed by atoms with van der Waals surface area (Å²) in [6.45, 7) is 8.54. The number of carbonyl (C=O) groups is 3. The molecule has 9 aromatic carbocycles. The highest BCUT2D eigenvalue weighted by atomic mass is 35.5. The Labute approximate surface area is 632 Å². The largest absolute Gasteiger partial charge is 0.457 e. The molecule has 0 atom stereocenters. The number of ether oxygens (including phenoxy) is 6. The Balaban J connectivity index is 0.000000145. The number of halogens is 9. The lowest BCUT2D eigenvalue weighted by molar-refractivity contribution is -0.138. The van der Waals surface area contributed by atoms with Gasteiger partial charge in [0.2, 0.25) is 0 Å². The first-order valence-corrected chi connectivity index (χ1v) is 34.7. The lowest BCUT2D eigenvalue weighted by atomic mass is 10.2. The van der Waals surface area contributed by atoms with Crippen LogP contribution >= 0.6 is 23.2 Å². The third kappa shape index (κ3) is 20.6. The minimum atomic E-state index is -4.64. The minimum absolute atomic E-state index is 0.0115. The number of rotatable bonds is 15. The average molecular weight is 1550 g/mol. The molecule has 3 aliphatic rings. The fourth-order valence-corrected chi connectivity index (χ4v) is 11.6. The van der Waals surface area contributed by atoms with Crippen molar-refractivity contribution in [2.24, 2.45) is 0 Å². The summed E-state index contributed by atoms with van der Waals surface area (Å²) >= 11 is 11.3. The smallest absolute Gasteiger partial charge is 0.417 e. The number of nitrogens with one attached hydrogen (secondary N) is 6. The maximum absolute atomic E-state index is 13.5. The molecule has 0 radical (unpaired) electrons. The number of amides is 6. The summed E-state index contributed by atoms with van der Waals surface area (Å²) in [6, 6.07) is 46.0. The Bertz CT molecular complexity index is 5260. The molecule has 0 spiro atoms. The van der Waals surface area contributed by atoms with Gasteiger partial charge >= 0.3 is 30.4 Å². The molecule has 0 saturated carbocycles. The van der Waals surface area contributed by atoms with Gasteiger partial charge in [0.25, 0.3) is 0 Å². The van der Waals surface area contributed by atoms with Gasteiger partial charge in [0, 0.05) is 91.6 Å². The summed E-state index contributed by atoms with van der Waals surface area (Å²) in [4.78, 5) is 70.7. The van der Waals surface area contributed by atoms with E-state index < -0.39 is 52.4 Å². The number of carbonyl (C=O) groups excluding carboxylic acids is 3. The van der Waals surface area contributed by atoms with E-state index in [1.165, 1.54) is 30.3 Å². The van der Waals surface area contributed by atoms with Gasteiger partial charge in [0.15, 0.2) is 0 Å². The van der Waals surface area contributed by atoms with Gasteiger partial charge in [-0.2, -0.15) is 26.3 Å². The average Bonchev–Trinajstić information content (AvgIpc) is 0.824. The van der Waals surface area contributed by atoms with Crippen molar-refractivity contribution in [1.29, 1.82) is 0 Å². The zero-order chi connectivity index (χ0) is 76.7. The molecule has 33 heteroatoms. The Hall–Kier alpha value is -12.4. The zero-order valence-electron chi connectivity index (χ0n) is 57.7. The van der Waals surface area contributed by atoms with Crippen molar-refractivity contribution >= 4 is 126 Å². The van der Waals surface area contributed by atoms with Crippen LogP contribution in [0.4, 0.5) is 96.7 Å². The molecule has 6 heterocycles. The molecule has 3 aromatic heterocycles. The number of hydrogen-bond donors (Lipinski definition) is 6. The van der Waals surface area contributed by atoms with Crippen molar-refractivity contribution in [3.8, 4) is 34.5 Å². The van der Waals surface area contributed by atoms with E-state index in [-0.39, 0.29) is 16.4 Å². The molecule has 3 aliphatic heterocycles. The fourth-order valence-electron chi connectivity index (χ4n) is 11.2. The van der Waals surface area contributed by atoms with E-state index in [4.69, 9.17) is 66.6 Å². The number of urea groups is 3. The van der Waals surface area contributed by atoms with E-state index in [1.807, 2.05) is 30.3 Å². The molecule has 564 valence electrons. The number of benzene rings is 9. The molecule has 6 N–H and O–H groups in total. The molecule has 0 aliphatic carbocycles. The highest BCUT2D eigenvalue weighted by Gasteiger charge is 2.34. The second kappa shape index (κ2) is 34.6. The van der Waals surface area contributed by atoms with Crippen molar-refractivity contribution in [2.45, 2.75) is 12.4 Å². The van der Waals surface area contributed by atoms with Crippen LogP contribution in [0.1, 0.15) is 11.1 Å². The Kier molecular flexibility index (Phi) is 23.9. The SMILES string of the molecule is O=C(Nc1ccc(Oc2ccc3ncc(N4CCOCC4)nc3c2)cc1)Nc1ccc(Cl)c(C(F)(F)F)c1.O=C(Nc1ccc(Oc2ccc3ncc(N4CCOCC4)nc3c2)cc1)Nc1ccc(Cl)c(F)c1.O=C(Nc1ccc(Oc2ccc3ncc(N4CCOCC4)nc3c2)cc1)Nc1cccc(C(F)(F)F)c1. The third-order valence-electron chi connectivity index (χ3n) is 16.7. The molecule has 0 bridgehead atoms. The lowest BCUT2D eigenvalue weighted by Gasteiger charge is -2.27. The first kappa shape index (κ1) is 75.8. The van der Waals surface area contributed by atoms with Crippen molar-refractivity contribution in [2.75, 3.05) is 126 Å². The molecule has 3 saturated heterocycles. The second-order valence-electron chi connectivity index (χ2n) is 24.5. The molecule has 15 rings (SSSR count). The van der Waals surface area contributed by atoms with Gasteiger partial charge in [0.05, 0.1) is 113 Å². The van der Waals surface area contributed by atoms with Crippen LogP contribution in [0.2, 0.25) is 10.0 Å². The molecule has 3 fully saturated rings. The van der Waals surface area contributed by atoms with Gasteiger partial charge in [0.1, 0.15) is 57.8 Å². The fraction of sp³-hybridized carbons (Fsp3) is 0.182. The van der Waals surface area contributed by atoms with Crippen LogP contribution in [-0.4, -0.2) is 127 Å². The van der Waals surface area contributed by atoms with Crippen molar-refractivity contribution < 1.29 is 73.5 Å². The number of anilines is 9. The molecular weight excluding hydrogens is 1480 g/mol. The quantitative estimate of drug-likeness (QED) is 0.0521. The van der Waals surface area contributed by atoms with E-state index in [0.29, 0.717) is 108 Å². The number of nitrogens with zero attached hydrogens (tertiary/aromatic N) is 9. The number of alkyl halides is 6. The second-order valence-corrected chi connectivity index (χ2v) is 25.3. The zero-order valence-corrected chi connectivity index (χ0v) is 59.2. The molecule has 6 amide bonds. The Morgan fingerprint density at radius 1 is 0.355 bits per heavy atom. The topological polar surface area (TPSA) is 266 Å². The summed E-state index contributed by atoms with van der Waals surface area (Å²) in [5, 5.41) is 14.7. The molecule has 24 nitrogen and oxygen atoms in total. The Morgan fingerprint density at radius 2 is 0.673 bits per heavy atom. The maximum atomic E-state index is 13.5. The van der Waals surface area contributed by atoms with Gasteiger partial charge < -0.3 is 75.0 Å². The van der Waals surface area contributed by atoms with Crippen molar-refractivity contribution in [3.05, 3.63) is 234 Å².